The van der Waals surface area contributed by atoms with Crippen molar-refractivity contribution >= 4 is 23.1 Å². The van der Waals surface area contributed by atoms with Crippen molar-refractivity contribution in [2.45, 2.75) is 18.0 Å². The Morgan fingerprint density at radius 1 is 0.577 bits per heavy atom. The first kappa shape index (κ1) is 31.6. The van der Waals surface area contributed by atoms with Gasteiger partial charge in [0.25, 0.3) is 5.92 Å². The molecule has 0 amide bonds. The van der Waals surface area contributed by atoms with E-state index in [9.17, 15) is 0 Å². The van der Waals surface area contributed by atoms with Gasteiger partial charge in [0.15, 0.2) is 0 Å². The molecule has 6 aromatic rings. The molecule has 252 valence electrons. The number of fused-ring (bicyclic) bond motifs is 3. The minimum atomic E-state index is -3.22. The summed E-state index contributed by atoms with van der Waals surface area (Å²) in [5, 5.41) is 3.46. The lowest BCUT2D eigenvalue weighted by Crippen LogP contribution is -2.33. The van der Waals surface area contributed by atoms with Gasteiger partial charge in [0.1, 0.15) is 11.7 Å². The second-order valence-corrected chi connectivity index (χ2v) is 13.3. The van der Waals surface area contributed by atoms with E-state index in [1.54, 1.807) is 18.2 Å². The Morgan fingerprint density at radius 3 is 1.75 bits per heavy atom. The number of benzene rings is 6. The fourth-order valence-electron chi connectivity index (χ4n) is 7.43. The maximum atomic E-state index is 16.7. The Hall–Kier alpha value is -6.40. The van der Waals surface area contributed by atoms with Gasteiger partial charge in [-0.3, -0.25) is 4.99 Å². The molecule has 0 fully saturated rings. The van der Waals surface area contributed by atoms with E-state index in [-0.39, 0.29) is 23.2 Å². The van der Waals surface area contributed by atoms with Gasteiger partial charge in [-0.25, -0.2) is 4.99 Å². The van der Waals surface area contributed by atoms with Crippen molar-refractivity contribution in [3.05, 3.63) is 214 Å². The number of alkyl halides is 2. The number of nitrogens with one attached hydrogen (secondary N) is 1. The third kappa shape index (κ3) is 5.53. The highest BCUT2D eigenvalue weighted by atomic mass is 19.3. The first-order valence-corrected chi connectivity index (χ1v) is 17.4. The van der Waals surface area contributed by atoms with Gasteiger partial charge in [-0.05, 0) is 52.1 Å². The summed E-state index contributed by atoms with van der Waals surface area (Å²) < 4.78 is 33.4. The van der Waals surface area contributed by atoms with Gasteiger partial charge in [-0.1, -0.05) is 146 Å². The van der Waals surface area contributed by atoms with Gasteiger partial charge in [-0.2, -0.15) is 8.78 Å². The minimum Gasteiger partial charge on any atom is -0.349 e. The summed E-state index contributed by atoms with van der Waals surface area (Å²) >= 11 is 0. The highest BCUT2D eigenvalue weighted by molar-refractivity contribution is 6.06. The number of halogens is 2. The van der Waals surface area contributed by atoms with Crippen LogP contribution in [0.5, 0.6) is 0 Å². The van der Waals surface area contributed by atoms with Crippen molar-refractivity contribution in [1.29, 1.82) is 0 Å². The standard InChI is InChI=1S/C46H34F2N4/c1-52-43(32-18-10-4-11-19-32)29-42(51-45(52)33-20-12-5-13-21-33)34-22-24-36-37-25-23-35(27-39(37)46(47,48)38(36)26-34)44-49-40(30-14-6-2-7-15-30)28-41(50-44)31-16-8-3-9-17-31/h2-29,40,43H,1H3,(H,49,50). The summed E-state index contributed by atoms with van der Waals surface area (Å²) in [6.45, 7) is 0. The molecule has 9 rings (SSSR count). The number of aliphatic imine (C=N–C) groups is 2. The monoisotopic (exact) mass is 680 g/mol. The average molecular weight is 681 g/mol. The number of hydrogen-bond donors (Lipinski definition) is 1. The van der Waals surface area contributed by atoms with Crippen LogP contribution in [-0.2, 0) is 5.92 Å². The molecular formula is C46H34F2N4. The van der Waals surface area contributed by atoms with E-state index < -0.39 is 5.92 Å². The van der Waals surface area contributed by atoms with Crippen LogP contribution in [0.25, 0.3) is 22.5 Å². The number of hydrogen-bond acceptors (Lipinski definition) is 4. The van der Waals surface area contributed by atoms with E-state index in [2.05, 4.69) is 34.5 Å². The van der Waals surface area contributed by atoms with Crippen LogP contribution in [0, 0.1) is 0 Å². The van der Waals surface area contributed by atoms with Crippen LogP contribution in [0.2, 0.25) is 0 Å². The number of nitrogens with zero attached hydrogens (tertiary/aromatic N) is 3. The van der Waals surface area contributed by atoms with E-state index in [0.717, 1.165) is 33.8 Å². The summed E-state index contributed by atoms with van der Waals surface area (Å²) in [5.74, 6) is -1.89. The highest BCUT2D eigenvalue weighted by Crippen LogP contribution is 2.52. The molecule has 2 atom stereocenters. The second-order valence-electron chi connectivity index (χ2n) is 13.3. The SMILES string of the molecule is CN1C(c2ccccc2)=NC(c2ccc3c(c2)C(F)(F)c2cc(C4=NC(c5ccccc5)C=C(c5ccccc5)N4)ccc2-3)=CC1c1ccccc1. The molecule has 6 aromatic carbocycles. The maximum absolute atomic E-state index is 16.7. The molecule has 6 heteroatoms. The molecule has 4 nitrogen and oxygen atoms in total. The van der Waals surface area contributed by atoms with Gasteiger partial charge in [0.2, 0.25) is 0 Å². The lowest BCUT2D eigenvalue weighted by atomic mass is 9.96. The molecule has 3 aliphatic rings. The molecule has 0 bridgehead atoms. The quantitative estimate of drug-likeness (QED) is 0.190. The van der Waals surface area contributed by atoms with Crippen molar-refractivity contribution in [3.8, 4) is 11.1 Å². The van der Waals surface area contributed by atoms with E-state index in [4.69, 9.17) is 9.98 Å². The Bertz CT molecular complexity index is 2420. The molecule has 52 heavy (non-hydrogen) atoms. The zero-order chi connectivity index (χ0) is 35.2. The van der Waals surface area contributed by atoms with Crippen LogP contribution in [0.1, 0.15) is 56.6 Å². The summed E-state index contributed by atoms with van der Waals surface area (Å²) in [6.07, 6.45) is 4.15. The van der Waals surface area contributed by atoms with Crippen molar-refractivity contribution < 1.29 is 8.78 Å². The Kier molecular flexibility index (Phi) is 7.73. The Labute approximate surface area is 301 Å². The first-order valence-electron chi connectivity index (χ1n) is 17.4. The third-order valence-corrected chi connectivity index (χ3v) is 10.1. The maximum Gasteiger partial charge on any atom is 0.299 e. The van der Waals surface area contributed by atoms with Crippen molar-refractivity contribution in [3.63, 3.8) is 0 Å². The number of rotatable bonds is 6. The smallest absolute Gasteiger partial charge is 0.299 e. The highest BCUT2D eigenvalue weighted by Gasteiger charge is 2.45. The molecule has 1 N–H and O–H groups in total. The van der Waals surface area contributed by atoms with Crippen LogP contribution >= 0.6 is 0 Å². The molecule has 0 spiro atoms. The molecule has 0 saturated carbocycles. The van der Waals surface area contributed by atoms with E-state index in [1.807, 2.05) is 134 Å². The van der Waals surface area contributed by atoms with Gasteiger partial charge in [0, 0.05) is 40.6 Å². The van der Waals surface area contributed by atoms with E-state index in [0.29, 0.717) is 33.8 Å². The molecular weight excluding hydrogens is 647 g/mol. The molecule has 0 radical (unpaired) electrons. The average Bonchev–Trinajstić information content (AvgIpc) is 3.44. The summed E-state index contributed by atoms with van der Waals surface area (Å²) in [7, 11) is 2.02. The molecule has 2 heterocycles. The third-order valence-electron chi connectivity index (χ3n) is 10.1. The molecule has 0 saturated heterocycles. The van der Waals surface area contributed by atoms with E-state index in [1.165, 1.54) is 0 Å². The van der Waals surface area contributed by atoms with Crippen LogP contribution < -0.4 is 5.32 Å². The minimum absolute atomic E-state index is 0.0183. The van der Waals surface area contributed by atoms with Crippen molar-refractivity contribution in [2.75, 3.05) is 7.05 Å². The van der Waals surface area contributed by atoms with E-state index >= 15 is 8.78 Å². The first-order chi connectivity index (χ1) is 25.4. The van der Waals surface area contributed by atoms with Gasteiger partial charge in [0.05, 0.1) is 17.8 Å². The van der Waals surface area contributed by atoms with Gasteiger partial charge < -0.3 is 10.2 Å². The second kappa shape index (κ2) is 12.7. The summed E-state index contributed by atoms with van der Waals surface area (Å²) in [6, 6.07) is 50.5. The molecule has 2 unspecified atom stereocenters. The predicted molar refractivity (Wildman–Crippen MR) is 206 cm³/mol. The van der Waals surface area contributed by atoms with Gasteiger partial charge in [-0.15, -0.1) is 0 Å². The fourth-order valence-corrected chi connectivity index (χ4v) is 7.43. The predicted octanol–water partition coefficient (Wildman–Crippen LogP) is 10.4. The van der Waals surface area contributed by atoms with Crippen molar-refractivity contribution in [1.82, 2.24) is 10.2 Å². The molecule has 1 aliphatic carbocycles. The summed E-state index contributed by atoms with van der Waals surface area (Å²) in [4.78, 5) is 12.2. The lowest BCUT2D eigenvalue weighted by Gasteiger charge is -2.33. The zero-order valence-corrected chi connectivity index (χ0v) is 28.4. The molecule has 0 aromatic heterocycles. The van der Waals surface area contributed by atoms with Crippen LogP contribution in [-0.4, -0.2) is 23.6 Å². The Morgan fingerprint density at radius 2 is 1.12 bits per heavy atom. The Balaban J connectivity index is 1.10. The topological polar surface area (TPSA) is 40.0 Å². The zero-order valence-electron chi connectivity index (χ0n) is 28.4. The normalized spacial score (nSPS) is 18.6. The van der Waals surface area contributed by atoms with Crippen LogP contribution in [0.4, 0.5) is 8.78 Å². The number of likely N-dealkylation sites (N-methyl/N-ethyl adjacent to an activating group) is 1. The number of amidine groups is 2. The fraction of sp³-hybridized carbons (Fsp3) is 0.0870. The van der Waals surface area contributed by atoms with Crippen LogP contribution in [0.3, 0.4) is 0 Å². The van der Waals surface area contributed by atoms with Crippen molar-refractivity contribution in [2.24, 2.45) is 9.98 Å². The summed E-state index contributed by atoms with van der Waals surface area (Å²) in [5.41, 5.74) is 7.89. The lowest BCUT2D eigenvalue weighted by molar-refractivity contribution is 0.0480. The molecule has 2 aliphatic heterocycles. The largest absolute Gasteiger partial charge is 0.349 e. The van der Waals surface area contributed by atoms with Gasteiger partial charge >= 0.3 is 0 Å². The van der Waals surface area contributed by atoms with Crippen LogP contribution in [0.15, 0.2) is 180 Å².